The molecule has 5 heteroatoms. The van der Waals surface area contributed by atoms with Crippen molar-refractivity contribution >= 4 is 22.7 Å². The molecule has 5 nitrogen and oxygen atoms in total. The summed E-state index contributed by atoms with van der Waals surface area (Å²) in [6.45, 7) is 6.21. The third-order valence-corrected chi connectivity index (χ3v) is 5.72. The van der Waals surface area contributed by atoms with Crippen LogP contribution >= 0.6 is 0 Å². The van der Waals surface area contributed by atoms with E-state index >= 15 is 0 Å². The lowest BCUT2D eigenvalue weighted by atomic mass is 9.90. The highest BCUT2D eigenvalue weighted by Crippen LogP contribution is 2.36. The number of rotatable bonds is 3. The Morgan fingerprint density at radius 1 is 1.03 bits per heavy atom. The number of carbonyl (C=O) groups excluding carboxylic acids is 2. The number of benzene rings is 2. The van der Waals surface area contributed by atoms with E-state index in [1.165, 1.54) is 0 Å². The zero-order chi connectivity index (χ0) is 20.8. The van der Waals surface area contributed by atoms with Gasteiger partial charge < -0.3 is 14.8 Å². The lowest BCUT2D eigenvalue weighted by Gasteiger charge is -2.39. The van der Waals surface area contributed by atoms with Crippen LogP contribution in [0.4, 0.5) is 0 Å². The van der Waals surface area contributed by atoms with Crippen LogP contribution in [0, 0.1) is 5.41 Å². The van der Waals surface area contributed by atoms with Crippen LogP contribution in [0.2, 0.25) is 0 Å². The molecule has 150 valence electrons. The highest BCUT2D eigenvalue weighted by molar-refractivity contribution is 6.00. The Balaban J connectivity index is 1.77. The Morgan fingerprint density at radius 2 is 1.69 bits per heavy atom. The number of H-pyrrole nitrogens is 1. The minimum absolute atomic E-state index is 0.0144. The summed E-state index contributed by atoms with van der Waals surface area (Å²) in [5, 5.41) is 1.09. The highest BCUT2D eigenvalue weighted by atomic mass is 16.2. The normalized spacial score (nSPS) is 19.9. The van der Waals surface area contributed by atoms with Gasteiger partial charge in [-0.15, -0.1) is 0 Å². The van der Waals surface area contributed by atoms with Gasteiger partial charge in [0.2, 0.25) is 5.91 Å². The van der Waals surface area contributed by atoms with Gasteiger partial charge in [0.05, 0.1) is 0 Å². The number of para-hydroxylation sites is 1. The largest absolute Gasteiger partial charge is 0.361 e. The zero-order valence-corrected chi connectivity index (χ0v) is 17.3. The van der Waals surface area contributed by atoms with Crippen LogP contribution in [0.1, 0.15) is 36.7 Å². The molecule has 1 fully saturated rings. The molecule has 1 aliphatic heterocycles. The molecule has 0 unspecified atom stereocenters. The molecule has 2 heterocycles. The van der Waals surface area contributed by atoms with Crippen molar-refractivity contribution in [2.45, 2.75) is 39.4 Å². The van der Waals surface area contributed by atoms with Gasteiger partial charge in [-0.25, -0.2) is 0 Å². The molecule has 29 heavy (non-hydrogen) atoms. The van der Waals surface area contributed by atoms with E-state index in [9.17, 15) is 9.59 Å². The van der Waals surface area contributed by atoms with Crippen LogP contribution in [0.25, 0.3) is 10.9 Å². The molecule has 0 bridgehead atoms. The van der Waals surface area contributed by atoms with Crippen molar-refractivity contribution < 1.29 is 9.59 Å². The number of aromatic nitrogens is 1. The van der Waals surface area contributed by atoms with Crippen LogP contribution in [-0.4, -0.2) is 45.9 Å². The van der Waals surface area contributed by atoms with Crippen molar-refractivity contribution in [2.75, 3.05) is 7.05 Å². The SMILES string of the molecule is CN1C(=O)[C@H](Cc2c[nH]c3ccccc23)N(C(=O)c2ccccc2)[C@@H]1C(C)(C)C. The second-order valence-electron chi connectivity index (χ2n) is 8.85. The maximum atomic E-state index is 13.5. The summed E-state index contributed by atoms with van der Waals surface area (Å²) in [7, 11) is 1.80. The van der Waals surface area contributed by atoms with E-state index in [2.05, 4.69) is 31.8 Å². The third kappa shape index (κ3) is 3.31. The van der Waals surface area contributed by atoms with Gasteiger partial charge in [-0.2, -0.15) is 0 Å². The lowest BCUT2D eigenvalue weighted by molar-refractivity contribution is -0.129. The van der Waals surface area contributed by atoms with Crippen LogP contribution in [0.3, 0.4) is 0 Å². The number of aromatic amines is 1. The number of carbonyl (C=O) groups is 2. The van der Waals surface area contributed by atoms with Crippen LogP contribution in [0.5, 0.6) is 0 Å². The number of amides is 2. The van der Waals surface area contributed by atoms with E-state index < -0.39 is 6.04 Å². The summed E-state index contributed by atoms with van der Waals surface area (Å²) < 4.78 is 0. The van der Waals surface area contributed by atoms with E-state index in [1.54, 1.807) is 16.8 Å². The molecular weight excluding hydrogens is 362 g/mol. The van der Waals surface area contributed by atoms with E-state index in [1.807, 2.05) is 54.7 Å². The van der Waals surface area contributed by atoms with Crippen molar-refractivity contribution in [1.29, 1.82) is 0 Å². The number of likely N-dealkylation sites (N-methyl/N-ethyl adjacent to an activating group) is 1. The Bertz CT molecular complexity index is 1050. The summed E-state index contributed by atoms with van der Waals surface area (Å²) in [6, 6.07) is 16.7. The quantitative estimate of drug-likeness (QED) is 0.734. The standard InChI is InChI=1S/C24H27N3O2/c1-24(2,3)23-26(4)22(29)20(27(23)21(28)16-10-6-5-7-11-16)14-17-15-25-19-13-9-8-12-18(17)19/h5-13,15,20,23,25H,14H2,1-4H3/t20-,23+/m0/s1. The summed E-state index contributed by atoms with van der Waals surface area (Å²) >= 11 is 0. The van der Waals surface area contributed by atoms with Gasteiger partial charge in [0.15, 0.2) is 0 Å². The summed E-state index contributed by atoms with van der Waals surface area (Å²) in [5.74, 6) is -0.118. The van der Waals surface area contributed by atoms with Crippen LogP contribution < -0.4 is 0 Å². The van der Waals surface area contributed by atoms with E-state index in [0.29, 0.717) is 12.0 Å². The number of hydrogen-bond donors (Lipinski definition) is 1. The average Bonchev–Trinajstić information content (AvgIpc) is 3.22. The van der Waals surface area contributed by atoms with Gasteiger partial charge in [-0.3, -0.25) is 9.59 Å². The number of nitrogens with one attached hydrogen (secondary N) is 1. The minimum Gasteiger partial charge on any atom is -0.361 e. The van der Waals surface area contributed by atoms with Crippen molar-refractivity contribution in [3.8, 4) is 0 Å². The first-order chi connectivity index (χ1) is 13.8. The molecule has 3 aromatic rings. The maximum absolute atomic E-state index is 13.5. The predicted molar refractivity (Wildman–Crippen MR) is 114 cm³/mol. The zero-order valence-electron chi connectivity index (χ0n) is 17.3. The van der Waals surface area contributed by atoms with Crippen molar-refractivity contribution in [2.24, 2.45) is 5.41 Å². The second-order valence-corrected chi connectivity index (χ2v) is 8.85. The van der Waals surface area contributed by atoms with E-state index in [0.717, 1.165) is 16.5 Å². The van der Waals surface area contributed by atoms with Crippen molar-refractivity contribution in [3.63, 3.8) is 0 Å². The molecule has 0 saturated carbocycles. The van der Waals surface area contributed by atoms with Gasteiger partial charge >= 0.3 is 0 Å². The van der Waals surface area contributed by atoms with Gasteiger partial charge in [0.25, 0.3) is 5.91 Å². The molecule has 1 aromatic heterocycles. The van der Waals surface area contributed by atoms with Crippen molar-refractivity contribution in [3.05, 3.63) is 71.9 Å². The smallest absolute Gasteiger partial charge is 0.256 e. The van der Waals surface area contributed by atoms with Gasteiger partial charge in [-0.1, -0.05) is 57.2 Å². The number of fused-ring (bicyclic) bond motifs is 1. The Morgan fingerprint density at radius 3 is 2.38 bits per heavy atom. The summed E-state index contributed by atoms with van der Waals surface area (Å²) in [6.07, 6.45) is 2.13. The van der Waals surface area contributed by atoms with Crippen molar-refractivity contribution in [1.82, 2.24) is 14.8 Å². The van der Waals surface area contributed by atoms with Gasteiger partial charge in [-0.05, 0) is 23.8 Å². The number of nitrogens with zero attached hydrogens (tertiary/aromatic N) is 2. The first-order valence-electron chi connectivity index (χ1n) is 9.98. The minimum atomic E-state index is -0.531. The Kier molecular flexibility index (Phi) is 4.69. The van der Waals surface area contributed by atoms with Crippen LogP contribution in [-0.2, 0) is 11.2 Å². The van der Waals surface area contributed by atoms with E-state index in [-0.39, 0.29) is 23.4 Å². The van der Waals surface area contributed by atoms with Gasteiger partial charge in [0.1, 0.15) is 12.2 Å². The number of hydrogen-bond acceptors (Lipinski definition) is 2. The summed E-state index contributed by atoms with van der Waals surface area (Å²) in [5.41, 5.74) is 2.42. The molecule has 0 spiro atoms. The first-order valence-corrected chi connectivity index (χ1v) is 9.98. The molecule has 1 aliphatic rings. The fraction of sp³-hybridized carbons (Fsp3) is 0.333. The average molecular weight is 389 g/mol. The van der Waals surface area contributed by atoms with Crippen LogP contribution in [0.15, 0.2) is 60.8 Å². The topological polar surface area (TPSA) is 56.4 Å². The molecule has 0 radical (unpaired) electrons. The molecule has 1 saturated heterocycles. The van der Waals surface area contributed by atoms with Gasteiger partial charge in [0, 0.05) is 41.5 Å². The molecular formula is C24H27N3O2. The fourth-order valence-electron chi connectivity index (χ4n) is 4.51. The highest BCUT2D eigenvalue weighted by Gasteiger charge is 2.51. The first kappa shape index (κ1) is 19.2. The Hall–Kier alpha value is -3.08. The monoisotopic (exact) mass is 389 g/mol. The molecule has 0 aliphatic carbocycles. The fourth-order valence-corrected chi connectivity index (χ4v) is 4.51. The maximum Gasteiger partial charge on any atom is 0.256 e. The third-order valence-electron chi connectivity index (χ3n) is 5.72. The second kappa shape index (κ2) is 7.07. The molecule has 2 amide bonds. The molecule has 1 N–H and O–H groups in total. The Labute approximate surface area is 171 Å². The lowest BCUT2D eigenvalue weighted by Crippen LogP contribution is -2.51. The molecule has 2 aromatic carbocycles. The predicted octanol–water partition coefficient (Wildman–Crippen LogP) is 4.07. The molecule has 2 atom stereocenters. The molecule has 4 rings (SSSR count). The van der Waals surface area contributed by atoms with E-state index in [4.69, 9.17) is 0 Å². The summed E-state index contributed by atoms with van der Waals surface area (Å²) in [4.78, 5) is 33.6.